The van der Waals surface area contributed by atoms with E-state index in [1.54, 1.807) is 12.3 Å². The van der Waals surface area contributed by atoms with Gasteiger partial charge >= 0.3 is 0 Å². The molecule has 1 spiro atoms. The predicted octanol–water partition coefficient (Wildman–Crippen LogP) is 5.00. The van der Waals surface area contributed by atoms with Crippen molar-refractivity contribution in [2.24, 2.45) is 0 Å². The van der Waals surface area contributed by atoms with Gasteiger partial charge in [0, 0.05) is 35.5 Å². The Hall–Kier alpha value is -2.81. The molecule has 6 nitrogen and oxygen atoms in total. The molecule has 0 bridgehead atoms. The van der Waals surface area contributed by atoms with Crippen LogP contribution in [0.25, 0.3) is 0 Å². The van der Waals surface area contributed by atoms with Crippen molar-refractivity contribution >= 4 is 40.2 Å². The van der Waals surface area contributed by atoms with Gasteiger partial charge in [-0.2, -0.15) is 0 Å². The van der Waals surface area contributed by atoms with Crippen molar-refractivity contribution in [2.45, 2.75) is 36.0 Å². The Kier molecular flexibility index (Phi) is 5.90. The van der Waals surface area contributed by atoms with Crippen molar-refractivity contribution < 1.29 is 18.5 Å². The number of benzene rings is 2. The highest BCUT2D eigenvalue weighted by atomic mass is 35.5. The largest absolute Gasteiger partial charge is 0.588 e. The van der Waals surface area contributed by atoms with E-state index in [2.05, 4.69) is 15.0 Å². The molecule has 1 unspecified atom stereocenters. The fourth-order valence-electron chi connectivity index (χ4n) is 4.28. The first-order chi connectivity index (χ1) is 16.0. The summed E-state index contributed by atoms with van der Waals surface area (Å²) in [6.07, 6.45) is 4.77. The third kappa shape index (κ3) is 4.14. The number of halogens is 2. The van der Waals surface area contributed by atoms with Crippen LogP contribution in [0, 0.1) is 5.82 Å². The molecule has 1 saturated carbocycles. The van der Waals surface area contributed by atoms with Crippen LogP contribution < -0.4 is 14.8 Å². The Morgan fingerprint density at radius 2 is 2.09 bits per heavy atom. The maximum atomic E-state index is 14.3. The summed E-state index contributed by atoms with van der Waals surface area (Å²) in [4.78, 5) is 17.1. The van der Waals surface area contributed by atoms with Crippen LogP contribution in [0.2, 0.25) is 5.02 Å². The van der Waals surface area contributed by atoms with Crippen molar-refractivity contribution in [1.82, 2.24) is 4.98 Å². The number of amides is 1. The molecule has 2 N–H and O–H groups in total. The van der Waals surface area contributed by atoms with Crippen LogP contribution in [-0.2, 0) is 28.0 Å². The molecule has 1 atom stereocenters. The molecule has 0 radical (unpaired) electrons. The lowest BCUT2D eigenvalue weighted by molar-refractivity contribution is -0.123. The Bertz CT molecular complexity index is 1210. The molecule has 2 aromatic carbocycles. The van der Waals surface area contributed by atoms with E-state index >= 15 is 0 Å². The van der Waals surface area contributed by atoms with Crippen molar-refractivity contribution in [2.75, 3.05) is 16.6 Å². The lowest BCUT2D eigenvalue weighted by atomic mass is 9.65. The van der Waals surface area contributed by atoms with Crippen LogP contribution in [0.15, 0.2) is 59.6 Å². The van der Waals surface area contributed by atoms with E-state index in [1.807, 2.05) is 24.3 Å². The number of ether oxygens (including phenoxy) is 1. The number of pyridine rings is 1. The number of nitrogens with zero attached hydrogens (tertiary/aromatic N) is 1. The SMILES string of the molecule is O=C1Nc2c(OCCc3ccccn3)cc(N[S+]([O-])c3ccc(Cl)cc3F)cc2C12CCC2. The maximum Gasteiger partial charge on any atom is 0.235 e. The first-order valence-electron chi connectivity index (χ1n) is 10.6. The van der Waals surface area contributed by atoms with Crippen LogP contribution in [0.4, 0.5) is 15.8 Å². The van der Waals surface area contributed by atoms with Gasteiger partial charge in [0.1, 0.15) is 17.1 Å². The smallest absolute Gasteiger partial charge is 0.235 e. The van der Waals surface area contributed by atoms with E-state index < -0.39 is 22.6 Å². The highest BCUT2D eigenvalue weighted by molar-refractivity contribution is 7.92. The van der Waals surface area contributed by atoms with E-state index in [0.29, 0.717) is 30.2 Å². The first-order valence-corrected chi connectivity index (χ1v) is 12.2. The van der Waals surface area contributed by atoms with Crippen LogP contribution in [0.3, 0.4) is 0 Å². The van der Waals surface area contributed by atoms with Crippen LogP contribution in [0.5, 0.6) is 5.75 Å². The van der Waals surface area contributed by atoms with Gasteiger partial charge in [0.05, 0.1) is 23.4 Å². The number of hydrogen-bond donors (Lipinski definition) is 2. The molecule has 9 heteroatoms. The van der Waals surface area contributed by atoms with Gasteiger partial charge in [-0.15, -0.1) is 0 Å². The van der Waals surface area contributed by atoms with E-state index in [1.165, 1.54) is 12.1 Å². The fraction of sp³-hybridized carbons (Fsp3) is 0.250. The molecule has 1 fully saturated rings. The second-order valence-corrected chi connectivity index (χ2v) is 9.77. The molecule has 3 aromatic rings. The van der Waals surface area contributed by atoms with Gasteiger partial charge in [0.25, 0.3) is 0 Å². The summed E-state index contributed by atoms with van der Waals surface area (Å²) in [7, 11) is 0. The average molecular weight is 486 g/mol. The summed E-state index contributed by atoms with van der Waals surface area (Å²) in [5.74, 6) is -0.217. The topological polar surface area (TPSA) is 86.3 Å². The number of carbonyl (C=O) groups excluding carboxylic acids is 1. The zero-order valence-electron chi connectivity index (χ0n) is 17.6. The summed E-state index contributed by atoms with van der Waals surface area (Å²) in [6.45, 7) is 0.352. The van der Waals surface area contributed by atoms with E-state index in [0.717, 1.165) is 36.6 Å². The van der Waals surface area contributed by atoms with Gasteiger partial charge in [0.2, 0.25) is 10.8 Å². The molecule has 2 aliphatic rings. The van der Waals surface area contributed by atoms with Crippen molar-refractivity contribution in [3.05, 3.63) is 76.8 Å². The van der Waals surface area contributed by atoms with Crippen LogP contribution in [-0.4, -0.2) is 22.1 Å². The Balaban J connectivity index is 1.43. The quantitative estimate of drug-likeness (QED) is 0.460. The van der Waals surface area contributed by atoms with Crippen LogP contribution >= 0.6 is 11.6 Å². The highest BCUT2D eigenvalue weighted by Crippen LogP contribution is 2.54. The monoisotopic (exact) mass is 485 g/mol. The zero-order chi connectivity index (χ0) is 23.0. The Labute approximate surface area is 198 Å². The minimum Gasteiger partial charge on any atom is -0.588 e. The zero-order valence-corrected chi connectivity index (χ0v) is 19.1. The number of hydrogen-bond acceptors (Lipinski definition) is 5. The number of fused-ring (bicyclic) bond motifs is 2. The summed E-state index contributed by atoms with van der Waals surface area (Å²) >= 11 is 3.94. The van der Waals surface area contributed by atoms with Gasteiger partial charge in [0.15, 0.2) is 5.82 Å². The standard InChI is InChI=1S/C24H21ClFN3O3S/c25-15-5-6-21(19(26)12-15)33(31)29-17-13-18-22(28-23(30)24(18)8-3-9-24)20(14-17)32-11-7-16-4-1-2-10-27-16/h1-2,4-6,10,12-14,29H,3,7-9,11H2,(H,28,30). The number of nitrogens with one attached hydrogen (secondary N) is 2. The van der Waals surface area contributed by atoms with Crippen LogP contribution in [0.1, 0.15) is 30.5 Å². The lowest BCUT2D eigenvalue weighted by Crippen LogP contribution is -2.40. The van der Waals surface area contributed by atoms with Gasteiger partial charge in [-0.05, 0) is 48.7 Å². The molecule has 1 amide bonds. The first kappa shape index (κ1) is 22.0. The average Bonchev–Trinajstić information content (AvgIpc) is 3.06. The molecule has 1 aliphatic heterocycles. The molecule has 33 heavy (non-hydrogen) atoms. The maximum absolute atomic E-state index is 14.3. The second-order valence-electron chi connectivity index (χ2n) is 8.15. The summed E-state index contributed by atoms with van der Waals surface area (Å²) in [5.41, 5.74) is 2.26. The molecule has 1 aliphatic carbocycles. The molecule has 1 aromatic heterocycles. The second kappa shape index (κ2) is 8.85. The molecule has 170 valence electrons. The Morgan fingerprint density at radius 1 is 1.24 bits per heavy atom. The van der Waals surface area contributed by atoms with Crippen molar-refractivity contribution in [1.29, 1.82) is 0 Å². The summed E-state index contributed by atoms with van der Waals surface area (Å²) < 4.78 is 36.0. The molecule has 2 heterocycles. The van der Waals surface area contributed by atoms with E-state index in [4.69, 9.17) is 16.3 Å². The van der Waals surface area contributed by atoms with E-state index in [-0.39, 0.29) is 15.8 Å². The summed E-state index contributed by atoms with van der Waals surface area (Å²) in [6, 6.07) is 13.2. The molecule has 5 rings (SSSR count). The van der Waals surface area contributed by atoms with Gasteiger partial charge in [-0.1, -0.05) is 24.1 Å². The number of carbonyl (C=O) groups is 1. The predicted molar refractivity (Wildman–Crippen MR) is 125 cm³/mol. The number of aromatic nitrogens is 1. The highest BCUT2D eigenvalue weighted by Gasteiger charge is 2.52. The van der Waals surface area contributed by atoms with Crippen molar-refractivity contribution in [3.8, 4) is 5.75 Å². The number of anilines is 2. The normalized spacial score (nSPS) is 16.6. The minimum absolute atomic E-state index is 0.00919. The third-order valence-electron chi connectivity index (χ3n) is 6.14. The third-order valence-corrected chi connectivity index (χ3v) is 7.53. The molecule has 0 saturated heterocycles. The van der Waals surface area contributed by atoms with Crippen molar-refractivity contribution in [3.63, 3.8) is 0 Å². The van der Waals surface area contributed by atoms with Gasteiger partial charge in [-0.25, -0.2) is 9.11 Å². The number of rotatable bonds is 7. The minimum atomic E-state index is -1.87. The fourth-order valence-corrected chi connectivity index (χ4v) is 5.30. The van der Waals surface area contributed by atoms with E-state index in [9.17, 15) is 13.7 Å². The lowest BCUT2D eigenvalue weighted by Gasteiger charge is -2.36. The van der Waals surface area contributed by atoms with Gasteiger partial charge < -0.3 is 14.6 Å². The molecular formula is C24H21ClFN3O3S. The van der Waals surface area contributed by atoms with Gasteiger partial charge in [-0.3, -0.25) is 9.78 Å². The molecular weight excluding hydrogens is 465 g/mol. The Morgan fingerprint density at radius 3 is 2.79 bits per heavy atom. The summed E-state index contributed by atoms with van der Waals surface area (Å²) in [5, 5.41) is 3.20.